The van der Waals surface area contributed by atoms with Gasteiger partial charge in [-0.2, -0.15) is 8.42 Å². The Hall–Kier alpha value is -0.170. The summed E-state index contributed by atoms with van der Waals surface area (Å²) >= 11 is 0. The number of aliphatic hydroxyl groups is 1. The number of hydrogen-bond donors (Lipinski definition) is 3. The first-order chi connectivity index (χ1) is 9.91. The standard InChI is InChI=1S/C15H29NO4S/c17-14(12-21(18,19)20)11-16-15(9-5-2-6-10-15)13-7-3-1-4-8-13/h13-14,16-17H,1-12H2,(H,18,19,20). The third-order valence-electron chi connectivity index (χ3n) is 5.23. The lowest BCUT2D eigenvalue weighted by molar-refractivity contribution is 0.0904. The molecule has 0 aromatic heterocycles. The molecule has 5 nitrogen and oxygen atoms in total. The van der Waals surface area contributed by atoms with E-state index in [2.05, 4.69) is 5.32 Å². The van der Waals surface area contributed by atoms with Crippen molar-refractivity contribution in [3.05, 3.63) is 0 Å². The molecule has 2 saturated carbocycles. The van der Waals surface area contributed by atoms with Crippen LogP contribution in [0.3, 0.4) is 0 Å². The molecule has 124 valence electrons. The molecular formula is C15H29NO4S. The van der Waals surface area contributed by atoms with Crippen molar-refractivity contribution in [3.63, 3.8) is 0 Å². The molecule has 21 heavy (non-hydrogen) atoms. The van der Waals surface area contributed by atoms with Crippen molar-refractivity contribution in [3.8, 4) is 0 Å². The van der Waals surface area contributed by atoms with Crippen molar-refractivity contribution in [2.24, 2.45) is 5.92 Å². The summed E-state index contributed by atoms with van der Waals surface area (Å²) < 4.78 is 30.5. The Balaban J connectivity index is 1.96. The minimum Gasteiger partial charge on any atom is -0.391 e. The van der Waals surface area contributed by atoms with Gasteiger partial charge in [-0.1, -0.05) is 38.5 Å². The van der Waals surface area contributed by atoms with Crippen LogP contribution in [0.5, 0.6) is 0 Å². The number of β-amino-alcohol motifs (C(OH)–C–C–N with tert-alkyl or cyclic N) is 1. The Kier molecular flexibility index (Phi) is 6.05. The summed E-state index contributed by atoms with van der Waals surface area (Å²) in [5.41, 5.74) is 0.0683. The summed E-state index contributed by atoms with van der Waals surface area (Å²) in [5.74, 6) is 0.0604. The summed E-state index contributed by atoms with van der Waals surface area (Å²) in [7, 11) is -4.11. The summed E-state index contributed by atoms with van der Waals surface area (Å²) in [6, 6.07) is 0. The Morgan fingerprint density at radius 3 is 2.19 bits per heavy atom. The lowest BCUT2D eigenvalue weighted by Gasteiger charge is -2.46. The monoisotopic (exact) mass is 319 g/mol. The van der Waals surface area contributed by atoms with Gasteiger partial charge in [-0.25, -0.2) is 0 Å². The number of rotatable bonds is 6. The molecule has 0 heterocycles. The van der Waals surface area contributed by atoms with E-state index in [4.69, 9.17) is 4.55 Å². The first-order valence-corrected chi connectivity index (χ1v) is 9.90. The summed E-state index contributed by atoms with van der Waals surface area (Å²) in [6.07, 6.45) is 11.2. The van der Waals surface area contributed by atoms with E-state index in [0.717, 1.165) is 12.8 Å². The van der Waals surface area contributed by atoms with Crippen LogP contribution >= 0.6 is 0 Å². The average Bonchev–Trinajstić information content (AvgIpc) is 2.45. The molecule has 2 fully saturated rings. The summed E-state index contributed by atoms with van der Waals surface area (Å²) in [6.45, 7) is 0.246. The zero-order valence-electron chi connectivity index (χ0n) is 12.8. The lowest BCUT2D eigenvalue weighted by atomic mass is 9.67. The molecule has 1 unspecified atom stereocenters. The molecule has 2 aliphatic carbocycles. The van der Waals surface area contributed by atoms with Crippen molar-refractivity contribution >= 4 is 10.1 Å². The van der Waals surface area contributed by atoms with Crippen LogP contribution in [0.25, 0.3) is 0 Å². The molecule has 6 heteroatoms. The molecule has 0 bridgehead atoms. The predicted molar refractivity (Wildman–Crippen MR) is 82.8 cm³/mol. The Labute approximate surface area is 128 Å². The van der Waals surface area contributed by atoms with Crippen LogP contribution in [-0.2, 0) is 10.1 Å². The van der Waals surface area contributed by atoms with Crippen molar-refractivity contribution in [2.75, 3.05) is 12.3 Å². The van der Waals surface area contributed by atoms with Gasteiger partial charge in [0.2, 0.25) is 0 Å². The molecular weight excluding hydrogens is 290 g/mol. The highest BCUT2D eigenvalue weighted by Gasteiger charge is 2.39. The molecule has 0 radical (unpaired) electrons. The van der Waals surface area contributed by atoms with E-state index >= 15 is 0 Å². The minimum atomic E-state index is -4.11. The molecule has 2 rings (SSSR count). The van der Waals surface area contributed by atoms with Crippen molar-refractivity contribution in [1.82, 2.24) is 5.32 Å². The molecule has 3 N–H and O–H groups in total. The molecule has 2 aliphatic rings. The van der Waals surface area contributed by atoms with Gasteiger partial charge in [-0.3, -0.25) is 4.55 Å². The highest BCUT2D eigenvalue weighted by molar-refractivity contribution is 7.85. The molecule has 0 aromatic rings. The highest BCUT2D eigenvalue weighted by atomic mass is 32.2. The van der Waals surface area contributed by atoms with Crippen LogP contribution in [0.1, 0.15) is 64.2 Å². The van der Waals surface area contributed by atoms with E-state index < -0.39 is 22.0 Å². The largest absolute Gasteiger partial charge is 0.391 e. The fourth-order valence-electron chi connectivity index (χ4n) is 4.19. The zero-order chi connectivity index (χ0) is 15.3. The Morgan fingerprint density at radius 2 is 1.62 bits per heavy atom. The summed E-state index contributed by atoms with van der Waals surface area (Å²) in [4.78, 5) is 0. The highest BCUT2D eigenvalue weighted by Crippen LogP contribution is 2.41. The maximum absolute atomic E-state index is 10.8. The summed E-state index contributed by atoms with van der Waals surface area (Å²) in [5, 5.41) is 13.3. The van der Waals surface area contributed by atoms with Crippen LogP contribution in [-0.4, -0.2) is 42.0 Å². The quantitative estimate of drug-likeness (QED) is 0.653. The third kappa shape index (κ3) is 5.20. The number of hydrogen-bond acceptors (Lipinski definition) is 4. The van der Waals surface area contributed by atoms with E-state index in [9.17, 15) is 13.5 Å². The van der Waals surface area contributed by atoms with Crippen LogP contribution in [0.15, 0.2) is 0 Å². The first-order valence-electron chi connectivity index (χ1n) is 8.30. The molecule has 0 aliphatic heterocycles. The van der Waals surface area contributed by atoms with Gasteiger partial charge in [0.25, 0.3) is 10.1 Å². The second-order valence-electron chi connectivity index (χ2n) is 6.84. The molecule has 0 aromatic carbocycles. The van der Waals surface area contributed by atoms with E-state index in [1.807, 2.05) is 0 Å². The maximum atomic E-state index is 10.8. The predicted octanol–water partition coefficient (Wildman–Crippen LogP) is 2.11. The Morgan fingerprint density at radius 1 is 1.05 bits per heavy atom. The van der Waals surface area contributed by atoms with E-state index in [1.54, 1.807) is 0 Å². The Bertz CT molecular complexity index is 411. The number of aliphatic hydroxyl groups excluding tert-OH is 1. The third-order valence-corrected chi connectivity index (χ3v) is 6.03. The van der Waals surface area contributed by atoms with Crippen molar-refractivity contribution in [1.29, 1.82) is 0 Å². The minimum absolute atomic E-state index is 0.0683. The normalized spacial score (nSPS) is 25.6. The molecule has 0 spiro atoms. The van der Waals surface area contributed by atoms with Crippen LogP contribution < -0.4 is 5.32 Å². The van der Waals surface area contributed by atoms with E-state index in [-0.39, 0.29) is 12.1 Å². The topological polar surface area (TPSA) is 86.6 Å². The molecule has 0 amide bonds. The average molecular weight is 319 g/mol. The molecule has 1 atom stereocenters. The van der Waals surface area contributed by atoms with Gasteiger partial charge in [0.15, 0.2) is 0 Å². The van der Waals surface area contributed by atoms with Crippen molar-refractivity contribution < 1.29 is 18.1 Å². The fourth-order valence-corrected chi connectivity index (χ4v) is 4.79. The second kappa shape index (κ2) is 7.40. The molecule has 0 saturated heterocycles. The fraction of sp³-hybridized carbons (Fsp3) is 1.00. The van der Waals surface area contributed by atoms with Gasteiger partial charge in [0, 0.05) is 12.1 Å². The maximum Gasteiger partial charge on any atom is 0.267 e. The van der Waals surface area contributed by atoms with E-state index in [0.29, 0.717) is 5.92 Å². The van der Waals surface area contributed by atoms with Gasteiger partial charge >= 0.3 is 0 Å². The zero-order valence-corrected chi connectivity index (χ0v) is 13.6. The smallest absolute Gasteiger partial charge is 0.267 e. The number of nitrogens with one attached hydrogen (secondary N) is 1. The lowest BCUT2D eigenvalue weighted by Crippen LogP contribution is -2.55. The van der Waals surface area contributed by atoms with Gasteiger partial charge in [-0.15, -0.1) is 0 Å². The van der Waals surface area contributed by atoms with Gasteiger partial charge in [0.1, 0.15) is 5.75 Å². The van der Waals surface area contributed by atoms with Crippen LogP contribution in [0.4, 0.5) is 0 Å². The van der Waals surface area contributed by atoms with Gasteiger partial charge < -0.3 is 10.4 Å². The first kappa shape index (κ1) is 17.2. The van der Waals surface area contributed by atoms with Gasteiger partial charge in [0.05, 0.1) is 6.10 Å². The SMILES string of the molecule is O=S(=O)(O)CC(O)CNC1(C2CCCCC2)CCCCC1. The van der Waals surface area contributed by atoms with E-state index in [1.165, 1.54) is 51.4 Å². The van der Waals surface area contributed by atoms with Crippen LogP contribution in [0, 0.1) is 5.92 Å². The van der Waals surface area contributed by atoms with Crippen molar-refractivity contribution in [2.45, 2.75) is 75.9 Å². The van der Waals surface area contributed by atoms with Crippen LogP contribution in [0.2, 0.25) is 0 Å². The van der Waals surface area contributed by atoms with Gasteiger partial charge in [-0.05, 0) is 31.6 Å². The second-order valence-corrected chi connectivity index (χ2v) is 8.33.